The Bertz CT molecular complexity index is 1470. The second-order valence-electron chi connectivity index (χ2n) is 7.77. The molecule has 1 aliphatic rings. The summed E-state index contributed by atoms with van der Waals surface area (Å²) in [5, 5.41) is 22.5. The highest BCUT2D eigenvalue weighted by molar-refractivity contribution is 7.90. The van der Waals surface area contributed by atoms with Crippen molar-refractivity contribution in [3.05, 3.63) is 70.9 Å². The molecule has 8 nitrogen and oxygen atoms in total. The van der Waals surface area contributed by atoms with Crippen molar-refractivity contribution in [2.75, 3.05) is 11.2 Å². The van der Waals surface area contributed by atoms with Crippen LogP contribution in [0.5, 0.6) is 5.88 Å². The lowest BCUT2D eigenvalue weighted by Gasteiger charge is -2.34. The number of halogens is 3. The van der Waals surface area contributed by atoms with E-state index in [0.29, 0.717) is 0 Å². The highest BCUT2D eigenvalue weighted by atomic mass is 32.2. The molecular formula is C22H17F3N4O4S. The van der Waals surface area contributed by atoms with Crippen molar-refractivity contribution >= 4 is 27.2 Å². The summed E-state index contributed by atoms with van der Waals surface area (Å²) < 4.78 is 65.9. The topological polar surface area (TPSA) is 115 Å². The van der Waals surface area contributed by atoms with Crippen molar-refractivity contribution < 1.29 is 31.5 Å². The van der Waals surface area contributed by atoms with Gasteiger partial charge in [0, 0.05) is 19.5 Å². The van der Waals surface area contributed by atoms with Gasteiger partial charge in [-0.1, -0.05) is 12.1 Å². The number of aromatic nitrogens is 1. The number of nitrogens with zero attached hydrogens (tertiary/aromatic N) is 3. The maximum atomic E-state index is 13.3. The minimum absolute atomic E-state index is 0.0782. The second kappa shape index (κ2) is 7.81. The fraction of sp³-hybridized carbons (Fsp3) is 0.182. The Balaban J connectivity index is 1.93. The molecule has 1 atom stereocenters. The Kier molecular flexibility index (Phi) is 5.32. The SMILES string of the molecule is Cn1cc2c(c1O)C(c1ccc(C#N)cc1S(C)(=O)=O)NC(=O)N2c1cccc(C(F)(F)F)c1. The van der Waals surface area contributed by atoms with Crippen LogP contribution in [-0.2, 0) is 23.1 Å². The smallest absolute Gasteiger partial charge is 0.416 e. The molecule has 1 aromatic heterocycles. The van der Waals surface area contributed by atoms with Crippen LogP contribution in [0, 0.1) is 11.3 Å². The molecule has 4 rings (SSSR count). The van der Waals surface area contributed by atoms with Crippen molar-refractivity contribution in [2.45, 2.75) is 17.1 Å². The number of carbonyl (C=O) groups excluding carboxylic acids is 1. The number of urea groups is 1. The van der Waals surface area contributed by atoms with Crippen LogP contribution in [0.1, 0.15) is 28.3 Å². The van der Waals surface area contributed by atoms with Crippen LogP contribution in [0.4, 0.5) is 29.3 Å². The fourth-order valence-electron chi connectivity index (χ4n) is 3.92. The average Bonchev–Trinajstić information content (AvgIpc) is 3.05. The number of carbonyl (C=O) groups is 1. The van der Waals surface area contributed by atoms with Crippen LogP contribution in [-0.4, -0.2) is 30.4 Å². The summed E-state index contributed by atoms with van der Waals surface area (Å²) in [4.78, 5) is 13.9. The molecule has 34 heavy (non-hydrogen) atoms. The first kappa shape index (κ1) is 23.2. The summed E-state index contributed by atoms with van der Waals surface area (Å²) in [6.07, 6.45) is -2.34. The maximum absolute atomic E-state index is 13.3. The Morgan fingerprint density at radius 1 is 1.18 bits per heavy atom. The summed E-state index contributed by atoms with van der Waals surface area (Å²) in [7, 11) is -2.39. The number of amides is 2. The zero-order valence-corrected chi connectivity index (χ0v) is 18.6. The molecule has 0 radical (unpaired) electrons. The first-order chi connectivity index (χ1) is 15.8. The number of anilines is 2. The number of nitriles is 1. The average molecular weight is 490 g/mol. The number of fused-ring (bicyclic) bond motifs is 1. The molecule has 2 heterocycles. The van der Waals surface area contributed by atoms with Crippen molar-refractivity contribution in [2.24, 2.45) is 7.05 Å². The standard InChI is InChI=1S/C22H17F3N4O4S/c1-28-11-16-18(20(28)30)19(15-7-6-12(10-26)8-17(15)34(2,32)33)27-21(31)29(16)14-5-3-4-13(9-14)22(23,24)25/h3-9,11,19,30H,1-2H3,(H,27,31). The lowest BCUT2D eigenvalue weighted by atomic mass is 9.96. The Morgan fingerprint density at radius 3 is 2.50 bits per heavy atom. The molecule has 2 amide bonds. The largest absolute Gasteiger partial charge is 0.494 e. The van der Waals surface area contributed by atoms with E-state index in [9.17, 15) is 36.8 Å². The van der Waals surface area contributed by atoms with E-state index in [4.69, 9.17) is 0 Å². The highest BCUT2D eigenvalue weighted by Gasteiger charge is 2.39. The number of hydrogen-bond donors (Lipinski definition) is 2. The van der Waals surface area contributed by atoms with E-state index in [2.05, 4.69) is 5.32 Å². The van der Waals surface area contributed by atoms with Gasteiger partial charge in [0.1, 0.15) is 0 Å². The van der Waals surface area contributed by atoms with Gasteiger partial charge in [-0.25, -0.2) is 13.2 Å². The Morgan fingerprint density at radius 2 is 1.88 bits per heavy atom. The van der Waals surface area contributed by atoms with Gasteiger partial charge in [0.25, 0.3) is 0 Å². The predicted octanol–water partition coefficient (Wildman–Crippen LogP) is 3.98. The fourth-order valence-corrected chi connectivity index (χ4v) is 4.87. The van der Waals surface area contributed by atoms with Gasteiger partial charge in [-0.05, 0) is 35.9 Å². The summed E-state index contributed by atoms with van der Waals surface area (Å²) in [5.74, 6) is -0.319. The number of sulfone groups is 1. The molecule has 12 heteroatoms. The van der Waals surface area contributed by atoms with Crippen LogP contribution < -0.4 is 10.2 Å². The molecule has 0 spiro atoms. The maximum Gasteiger partial charge on any atom is 0.416 e. The van der Waals surface area contributed by atoms with Crippen LogP contribution in [0.25, 0.3) is 0 Å². The monoisotopic (exact) mass is 490 g/mol. The number of benzene rings is 2. The number of alkyl halides is 3. The second-order valence-corrected chi connectivity index (χ2v) is 9.75. The van der Waals surface area contributed by atoms with E-state index in [0.717, 1.165) is 35.4 Å². The molecule has 0 saturated heterocycles. The lowest BCUT2D eigenvalue weighted by molar-refractivity contribution is -0.137. The molecule has 0 fully saturated rings. The molecule has 3 aromatic rings. The van der Waals surface area contributed by atoms with Crippen LogP contribution in [0.15, 0.2) is 53.6 Å². The van der Waals surface area contributed by atoms with Crippen molar-refractivity contribution in [1.82, 2.24) is 9.88 Å². The molecule has 0 bridgehead atoms. The van der Waals surface area contributed by atoms with E-state index >= 15 is 0 Å². The molecule has 176 valence electrons. The van der Waals surface area contributed by atoms with Gasteiger partial charge in [0.05, 0.1) is 45.1 Å². The van der Waals surface area contributed by atoms with Gasteiger partial charge in [-0.3, -0.25) is 4.90 Å². The Hall–Kier alpha value is -3.98. The van der Waals surface area contributed by atoms with Crippen molar-refractivity contribution in [1.29, 1.82) is 5.26 Å². The molecule has 0 saturated carbocycles. The zero-order chi connectivity index (χ0) is 25.0. The van der Waals surface area contributed by atoms with Crippen LogP contribution in [0.2, 0.25) is 0 Å². The van der Waals surface area contributed by atoms with E-state index in [1.165, 1.54) is 36.0 Å². The molecule has 2 N–H and O–H groups in total. The first-order valence-corrected chi connectivity index (χ1v) is 11.6. The normalized spacial score (nSPS) is 16.1. The highest BCUT2D eigenvalue weighted by Crippen LogP contribution is 2.46. The number of rotatable bonds is 3. The molecule has 2 aromatic carbocycles. The summed E-state index contributed by atoms with van der Waals surface area (Å²) in [6, 6.07) is 7.90. The molecule has 0 aliphatic carbocycles. The summed E-state index contributed by atoms with van der Waals surface area (Å²) >= 11 is 0. The number of hydrogen-bond acceptors (Lipinski definition) is 5. The van der Waals surface area contributed by atoms with Gasteiger partial charge >= 0.3 is 12.2 Å². The van der Waals surface area contributed by atoms with Gasteiger partial charge in [0.2, 0.25) is 0 Å². The van der Waals surface area contributed by atoms with E-state index in [1.54, 1.807) is 0 Å². The number of aromatic hydroxyl groups is 1. The molecule has 1 unspecified atom stereocenters. The first-order valence-electron chi connectivity index (χ1n) is 9.73. The van der Waals surface area contributed by atoms with E-state index < -0.39 is 33.6 Å². The third-order valence-corrected chi connectivity index (χ3v) is 6.60. The van der Waals surface area contributed by atoms with Crippen LogP contribution in [0.3, 0.4) is 0 Å². The molecule has 1 aliphatic heterocycles. The Labute approximate surface area is 192 Å². The number of nitrogens with one attached hydrogen (secondary N) is 1. The summed E-state index contributed by atoms with van der Waals surface area (Å²) in [6.45, 7) is 0. The quantitative estimate of drug-likeness (QED) is 0.576. The van der Waals surface area contributed by atoms with Crippen LogP contribution >= 0.6 is 0 Å². The third kappa shape index (κ3) is 3.84. The lowest BCUT2D eigenvalue weighted by Crippen LogP contribution is -2.44. The van der Waals surface area contributed by atoms with Gasteiger partial charge in [-0.2, -0.15) is 18.4 Å². The van der Waals surface area contributed by atoms with Gasteiger partial charge < -0.3 is 15.0 Å². The molecular weight excluding hydrogens is 473 g/mol. The van der Waals surface area contributed by atoms with Gasteiger partial charge in [-0.15, -0.1) is 0 Å². The van der Waals surface area contributed by atoms with E-state index in [-0.39, 0.29) is 38.8 Å². The van der Waals surface area contributed by atoms with Crippen molar-refractivity contribution in [3.63, 3.8) is 0 Å². The zero-order valence-electron chi connectivity index (χ0n) is 17.8. The number of aryl methyl sites for hydroxylation is 1. The van der Waals surface area contributed by atoms with E-state index in [1.807, 2.05) is 6.07 Å². The summed E-state index contributed by atoms with van der Waals surface area (Å²) in [5.41, 5.74) is -0.712. The minimum Gasteiger partial charge on any atom is -0.494 e. The van der Waals surface area contributed by atoms with Gasteiger partial charge in [0.15, 0.2) is 15.7 Å². The minimum atomic E-state index is -4.64. The third-order valence-electron chi connectivity index (χ3n) is 5.45. The van der Waals surface area contributed by atoms with Crippen molar-refractivity contribution in [3.8, 4) is 11.9 Å². The predicted molar refractivity (Wildman–Crippen MR) is 115 cm³/mol.